The fourth-order valence-corrected chi connectivity index (χ4v) is 6.32. The molecule has 0 radical (unpaired) electrons. The van der Waals surface area contributed by atoms with Crippen molar-refractivity contribution in [2.45, 2.75) is 49.4 Å². The van der Waals surface area contributed by atoms with Crippen LogP contribution in [0.25, 0.3) is 0 Å². The molecule has 3 saturated heterocycles. The Morgan fingerprint density at radius 2 is 1.78 bits per heavy atom. The number of amides is 6. The first-order valence-corrected chi connectivity index (χ1v) is 12.4. The molecule has 4 rings (SSSR count). The molecule has 0 saturated carbocycles. The van der Waals surface area contributed by atoms with Gasteiger partial charge in [0.15, 0.2) is 0 Å². The number of carbonyl (C=O) groups excluding carboxylic acids is 5. The van der Waals surface area contributed by atoms with E-state index in [1.54, 1.807) is 45.0 Å². The van der Waals surface area contributed by atoms with Crippen LogP contribution in [0.5, 0.6) is 0 Å². The van der Waals surface area contributed by atoms with E-state index in [1.165, 1.54) is 21.6 Å². The Kier molecular flexibility index (Phi) is 8.62. The van der Waals surface area contributed by atoms with Crippen molar-refractivity contribution in [2.75, 3.05) is 25.0 Å². The number of β-lactam (4-membered cyclic amide) rings is 1. The maximum absolute atomic E-state index is 12.8. The molecule has 0 aliphatic carbocycles. The van der Waals surface area contributed by atoms with Gasteiger partial charge in [0.1, 0.15) is 17.5 Å². The summed E-state index contributed by atoms with van der Waals surface area (Å²) in [5.74, 6) is -3.68. The van der Waals surface area contributed by atoms with Gasteiger partial charge in [0.05, 0.1) is 6.42 Å². The average molecular weight is 542 g/mol. The van der Waals surface area contributed by atoms with Crippen LogP contribution in [-0.4, -0.2) is 127 Å². The van der Waals surface area contributed by atoms with Crippen molar-refractivity contribution >= 4 is 82.6 Å². The average Bonchev–Trinajstić information content (AvgIpc) is 3.08. The van der Waals surface area contributed by atoms with Crippen molar-refractivity contribution in [1.82, 2.24) is 20.0 Å². The van der Waals surface area contributed by atoms with E-state index in [1.807, 2.05) is 0 Å². The van der Waals surface area contributed by atoms with Gasteiger partial charge in [-0.2, -0.15) is 0 Å². The zero-order valence-corrected chi connectivity index (χ0v) is 20.8. The first-order chi connectivity index (χ1) is 17.0. The van der Waals surface area contributed by atoms with Gasteiger partial charge in [-0.05, 0) is 32.4 Å². The number of carboxylic acid groups (broad SMARTS) is 1. The number of carboxylic acids is 1. The van der Waals surface area contributed by atoms with E-state index >= 15 is 0 Å². The SMILES string of the molecule is CCN1CCN(C(=O)Nc2ccccc2CC(=O)NC2C(=O)N3[C@@H]2SC(C)(C)[C@@H]3C(=O)O)C(=O)C1=O.[NaH]. The van der Waals surface area contributed by atoms with Gasteiger partial charge in [-0.3, -0.25) is 24.1 Å². The Balaban J connectivity index is 0.00000380. The molecule has 194 valence electrons. The van der Waals surface area contributed by atoms with Crippen LogP contribution in [0.2, 0.25) is 0 Å². The molecular formula is C23H28N5NaO7S. The van der Waals surface area contributed by atoms with Crippen molar-refractivity contribution in [1.29, 1.82) is 0 Å². The fourth-order valence-electron chi connectivity index (χ4n) is 4.69. The van der Waals surface area contributed by atoms with Crippen LogP contribution in [0.1, 0.15) is 26.3 Å². The zero-order chi connectivity index (χ0) is 26.4. The summed E-state index contributed by atoms with van der Waals surface area (Å²) in [6.07, 6.45) is -0.167. The summed E-state index contributed by atoms with van der Waals surface area (Å²) in [5, 5.41) is 14.3. The predicted molar refractivity (Wildman–Crippen MR) is 136 cm³/mol. The Bertz CT molecular complexity index is 1160. The third-order valence-electron chi connectivity index (χ3n) is 6.54. The Morgan fingerprint density at radius 1 is 1.11 bits per heavy atom. The number of nitrogens with one attached hydrogen (secondary N) is 2. The van der Waals surface area contributed by atoms with Gasteiger partial charge in [0, 0.05) is 30.1 Å². The van der Waals surface area contributed by atoms with Gasteiger partial charge in [0.25, 0.3) is 0 Å². The molecule has 3 aliphatic heterocycles. The molecule has 3 N–H and O–H groups in total. The first kappa shape index (κ1) is 29.0. The van der Waals surface area contributed by atoms with Crippen LogP contribution in [0.3, 0.4) is 0 Å². The number of imide groups is 1. The molecule has 1 unspecified atom stereocenters. The second-order valence-electron chi connectivity index (χ2n) is 9.25. The molecule has 0 aromatic heterocycles. The summed E-state index contributed by atoms with van der Waals surface area (Å²) < 4.78 is -0.704. The molecule has 37 heavy (non-hydrogen) atoms. The number of carbonyl (C=O) groups is 6. The fraction of sp³-hybridized carbons (Fsp3) is 0.478. The summed E-state index contributed by atoms with van der Waals surface area (Å²) >= 11 is 1.33. The molecule has 3 heterocycles. The second-order valence-corrected chi connectivity index (χ2v) is 11.0. The molecule has 0 bridgehead atoms. The van der Waals surface area contributed by atoms with Crippen molar-refractivity contribution in [3.8, 4) is 0 Å². The quantitative estimate of drug-likeness (QED) is 0.246. The van der Waals surface area contributed by atoms with E-state index in [4.69, 9.17) is 0 Å². The third kappa shape index (κ3) is 5.35. The molecule has 6 amide bonds. The van der Waals surface area contributed by atoms with E-state index in [-0.39, 0.29) is 49.1 Å². The summed E-state index contributed by atoms with van der Waals surface area (Å²) in [6.45, 7) is 5.91. The van der Waals surface area contributed by atoms with Crippen LogP contribution >= 0.6 is 11.8 Å². The number of rotatable bonds is 6. The molecule has 3 aliphatic rings. The monoisotopic (exact) mass is 541 g/mol. The Hall–Kier alpha value is -2.61. The summed E-state index contributed by atoms with van der Waals surface area (Å²) in [7, 11) is 0. The number of fused-ring (bicyclic) bond motifs is 1. The van der Waals surface area contributed by atoms with E-state index in [2.05, 4.69) is 10.6 Å². The number of benzene rings is 1. The number of hydrogen-bond acceptors (Lipinski definition) is 7. The van der Waals surface area contributed by atoms with E-state index in [0.717, 1.165) is 4.90 Å². The first-order valence-electron chi connectivity index (χ1n) is 11.5. The van der Waals surface area contributed by atoms with Gasteiger partial charge in [-0.15, -0.1) is 11.8 Å². The van der Waals surface area contributed by atoms with Crippen molar-refractivity contribution in [3.05, 3.63) is 29.8 Å². The van der Waals surface area contributed by atoms with E-state index in [0.29, 0.717) is 17.8 Å². The molecule has 14 heteroatoms. The summed E-state index contributed by atoms with van der Waals surface area (Å²) in [5.41, 5.74) is 0.737. The number of hydrogen-bond donors (Lipinski definition) is 3. The summed E-state index contributed by atoms with van der Waals surface area (Å²) in [6, 6.07) is 3.93. The van der Waals surface area contributed by atoms with Crippen LogP contribution in [0.4, 0.5) is 10.5 Å². The number of urea groups is 1. The van der Waals surface area contributed by atoms with Crippen LogP contribution < -0.4 is 10.6 Å². The van der Waals surface area contributed by atoms with Gasteiger partial charge in [0.2, 0.25) is 11.8 Å². The number of aliphatic carboxylic acids is 1. The number of anilines is 1. The van der Waals surface area contributed by atoms with Crippen LogP contribution in [-0.2, 0) is 30.4 Å². The number of nitrogens with zero attached hydrogens (tertiary/aromatic N) is 3. The normalized spacial score (nSPS) is 24.1. The summed E-state index contributed by atoms with van der Waals surface area (Å²) in [4.78, 5) is 77.7. The number of likely N-dealkylation sites (N-methyl/N-ethyl adjacent to an activating group) is 1. The topological polar surface area (TPSA) is 156 Å². The number of thioether (sulfide) groups is 1. The van der Waals surface area contributed by atoms with Gasteiger partial charge in [-0.1, -0.05) is 18.2 Å². The predicted octanol–water partition coefficient (Wildman–Crippen LogP) is -0.565. The zero-order valence-electron chi connectivity index (χ0n) is 20.0. The molecule has 3 atom stereocenters. The van der Waals surface area contributed by atoms with E-state index < -0.39 is 57.8 Å². The minimum atomic E-state index is -1.09. The van der Waals surface area contributed by atoms with Crippen molar-refractivity contribution < 1.29 is 33.9 Å². The third-order valence-corrected chi connectivity index (χ3v) is 8.11. The standard InChI is InChI=1S/C23H27N5O7S.Na.H/c1-4-26-9-10-27(19(32)18(26)31)22(35)24-13-8-6-5-7-12(13)11-14(29)25-15-17(30)28-16(21(33)34)23(2,3)36-20(15)28;;/h5-8,15-16,20H,4,9-11H2,1-3H3,(H,24,35)(H,25,29)(H,33,34);;/t15?,16-,20+;;/m0../s1. The molecule has 1 aromatic rings. The van der Waals surface area contributed by atoms with Gasteiger partial charge >= 0.3 is 53.4 Å². The molecular weight excluding hydrogens is 513 g/mol. The van der Waals surface area contributed by atoms with E-state index in [9.17, 15) is 33.9 Å². The Labute approximate surface area is 239 Å². The molecule has 3 fully saturated rings. The van der Waals surface area contributed by atoms with Crippen molar-refractivity contribution in [2.24, 2.45) is 0 Å². The van der Waals surface area contributed by atoms with Gasteiger partial charge < -0.3 is 25.5 Å². The number of piperazine rings is 1. The molecule has 1 aromatic carbocycles. The Morgan fingerprint density at radius 3 is 2.43 bits per heavy atom. The van der Waals surface area contributed by atoms with Crippen LogP contribution in [0.15, 0.2) is 24.3 Å². The second kappa shape index (κ2) is 11.0. The van der Waals surface area contributed by atoms with Gasteiger partial charge in [-0.25, -0.2) is 9.59 Å². The van der Waals surface area contributed by atoms with Crippen LogP contribution in [0, 0.1) is 0 Å². The number of para-hydroxylation sites is 1. The molecule has 0 spiro atoms. The molecule has 12 nitrogen and oxygen atoms in total. The van der Waals surface area contributed by atoms with Crippen molar-refractivity contribution in [3.63, 3.8) is 0 Å². The maximum atomic E-state index is 12.8. The minimum absolute atomic E-state index is 0.